The number of carboxylic acid groups (broad SMARTS) is 1. The molecule has 0 aliphatic carbocycles. The van der Waals surface area contributed by atoms with Gasteiger partial charge in [0.25, 0.3) is 0 Å². The molecule has 1 fully saturated rings. The maximum absolute atomic E-state index is 11.0. The number of nitrogens with zero attached hydrogens (tertiary/aromatic N) is 4. The summed E-state index contributed by atoms with van der Waals surface area (Å²) in [7, 11) is 0. The van der Waals surface area contributed by atoms with Crippen molar-refractivity contribution in [3.05, 3.63) is 22.5 Å². The molecule has 18 heavy (non-hydrogen) atoms. The van der Waals surface area contributed by atoms with E-state index >= 15 is 0 Å². The van der Waals surface area contributed by atoms with E-state index in [9.17, 15) is 14.9 Å². The summed E-state index contributed by atoms with van der Waals surface area (Å²) < 4.78 is 0. The largest absolute Gasteiger partial charge is 0.481 e. The Balaban J connectivity index is 2.18. The monoisotopic (exact) mass is 252 g/mol. The fraction of sp³-hybridized carbons (Fsp3) is 0.500. The first-order valence-corrected chi connectivity index (χ1v) is 5.46. The molecule has 8 nitrogen and oxygen atoms in total. The van der Waals surface area contributed by atoms with Crippen LogP contribution in [-0.4, -0.2) is 38.6 Å². The van der Waals surface area contributed by atoms with E-state index in [1.54, 1.807) is 11.8 Å². The third-order valence-electron chi connectivity index (χ3n) is 3.16. The van der Waals surface area contributed by atoms with E-state index < -0.39 is 16.8 Å². The molecular weight excluding hydrogens is 240 g/mol. The molecular formula is C10H12N4O4. The highest BCUT2D eigenvalue weighted by Gasteiger charge is 2.36. The van der Waals surface area contributed by atoms with Gasteiger partial charge in [-0.25, -0.2) is 9.97 Å². The Morgan fingerprint density at radius 1 is 1.56 bits per heavy atom. The van der Waals surface area contributed by atoms with Crippen LogP contribution in [0.3, 0.4) is 0 Å². The molecule has 0 aromatic carbocycles. The van der Waals surface area contributed by atoms with Crippen molar-refractivity contribution in [2.24, 2.45) is 5.92 Å². The first kappa shape index (κ1) is 12.2. The number of hydrogen-bond donors (Lipinski definition) is 1. The molecule has 2 atom stereocenters. The van der Waals surface area contributed by atoms with Crippen molar-refractivity contribution in [1.29, 1.82) is 0 Å². The Morgan fingerprint density at radius 3 is 2.61 bits per heavy atom. The number of hydrogen-bond acceptors (Lipinski definition) is 6. The fourth-order valence-corrected chi connectivity index (χ4v) is 2.11. The summed E-state index contributed by atoms with van der Waals surface area (Å²) in [5, 5.41) is 19.5. The summed E-state index contributed by atoms with van der Waals surface area (Å²) >= 11 is 0. The molecule has 2 rings (SSSR count). The molecule has 96 valence electrons. The SMILES string of the molecule is CC1C(C(=O)O)CCN1c1ncc([N+](=O)[O-])cn1. The number of carboxylic acids is 1. The van der Waals surface area contributed by atoms with Crippen molar-refractivity contribution < 1.29 is 14.8 Å². The molecule has 2 heterocycles. The number of aliphatic carboxylic acids is 1. The van der Waals surface area contributed by atoms with Gasteiger partial charge in [0.15, 0.2) is 0 Å². The topological polar surface area (TPSA) is 109 Å². The van der Waals surface area contributed by atoms with Crippen LogP contribution in [0, 0.1) is 16.0 Å². The first-order valence-electron chi connectivity index (χ1n) is 5.46. The van der Waals surface area contributed by atoms with E-state index in [1.165, 1.54) is 0 Å². The van der Waals surface area contributed by atoms with Crippen molar-refractivity contribution in [3.8, 4) is 0 Å². The number of nitro groups is 1. The van der Waals surface area contributed by atoms with Crippen molar-refractivity contribution in [3.63, 3.8) is 0 Å². The molecule has 8 heteroatoms. The number of anilines is 1. The van der Waals surface area contributed by atoms with Gasteiger partial charge in [0.2, 0.25) is 5.95 Å². The van der Waals surface area contributed by atoms with Crippen LogP contribution in [0.1, 0.15) is 13.3 Å². The van der Waals surface area contributed by atoms with Crippen LogP contribution in [0.25, 0.3) is 0 Å². The number of carbonyl (C=O) groups is 1. The van der Waals surface area contributed by atoms with Crippen LogP contribution in [0.15, 0.2) is 12.4 Å². The maximum Gasteiger partial charge on any atom is 0.308 e. The number of aromatic nitrogens is 2. The van der Waals surface area contributed by atoms with Crippen molar-refractivity contribution in [1.82, 2.24) is 9.97 Å². The predicted molar refractivity (Wildman–Crippen MR) is 61.2 cm³/mol. The lowest BCUT2D eigenvalue weighted by molar-refractivity contribution is -0.385. The van der Waals surface area contributed by atoms with E-state index in [0.29, 0.717) is 18.9 Å². The lowest BCUT2D eigenvalue weighted by atomic mass is 10.0. The minimum Gasteiger partial charge on any atom is -0.481 e. The average molecular weight is 252 g/mol. The Kier molecular flexibility index (Phi) is 3.09. The van der Waals surface area contributed by atoms with Gasteiger partial charge >= 0.3 is 11.7 Å². The minimum absolute atomic E-state index is 0.180. The molecule has 1 N–H and O–H groups in total. The first-order chi connectivity index (χ1) is 8.50. The molecule has 1 aromatic heterocycles. The zero-order valence-electron chi connectivity index (χ0n) is 9.68. The van der Waals surface area contributed by atoms with Crippen molar-refractivity contribution in [2.45, 2.75) is 19.4 Å². The molecule has 1 aliphatic heterocycles. The highest BCUT2D eigenvalue weighted by molar-refractivity contribution is 5.72. The van der Waals surface area contributed by atoms with E-state index in [2.05, 4.69) is 9.97 Å². The summed E-state index contributed by atoms with van der Waals surface area (Å²) in [5.74, 6) is -0.965. The Labute approximate surface area is 102 Å². The van der Waals surface area contributed by atoms with Crippen LogP contribution in [-0.2, 0) is 4.79 Å². The minimum atomic E-state index is -0.841. The predicted octanol–water partition coefficient (Wildman–Crippen LogP) is 0.684. The van der Waals surface area contributed by atoms with Gasteiger partial charge in [-0.3, -0.25) is 14.9 Å². The standard InChI is InChI=1S/C10H12N4O4/c1-6-8(9(15)16)2-3-13(6)10-11-4-7(5-12-10)14(17)18/h4-6,8H,2-3H2,1H3,(H,15,16). The van der Waals surface area contributed by atoms with E-state index in [1.807, 2.05) is 0 Å². The highest BCUT2D eigenvalue weighted by atomic mass is 16.6. The van der Waals surface area contributed by atoms with Gasteiger partial charge in [0, 0.05) is 12.6 Å². The van der Waals surface area contributed by atoms with Gasteiger partial charge in [0.05, 0.1) is 10.8 Å². The summed E-state index contributed by atoms with van der Waals surface area (Å²) in [6.45, 7) is 2.33. The highest BCUT2D eigenvalue weighted by Crippen LogP contribution is 2.27. The molecule has 1 aromatic rings. The molecule has 0 amide bonds. The lowest BCUT2D eigenvalue weighted by Gasteiger charge is -2.22. The molecule has 1 aliphatic rings. The van der Waals surface area contributed by atoms with Crippen LogP contribution < -0.4 is 4.90 Å². The van der Waals surface area contributed by atoms with Gasteiger partial charge in [-0.1, -0.05) is 0 Å². The van der Waals surface area contributed by atoms with Gasteiger partial charge in [-0.2, -0.15) is 0 Å². The zero-order chi connectivity index (χ0) is 13.3. The number of rotatable bonds is 3. The summed E-state index contributed by atoms with van der Waals surface area (Å²) in [4.78, 5) is 30.4. The van der Waals surface area contributed by atoms with Crippen LogP contribution in [0.5, 0.6) is 0 Å². The second kappa shape index (κ2) is 4.55. The van der Waals surface area contributed by atoms with E-state index in [0.717, 1.165) is 12.4 Å². The van der Waals surface area contributed by atoms with Crippen LogP contribution in [0.2, 0.25) is 0 Å². The second-order valence-electron chi connectivity index (χ2n) is 4.17. The molecule has 0 saturated carbocycles. The van der Waals surface area contributed by atoms with Crippen LogP contribution in [0.4, 0.5) is 11.6 Å². The Morgan fingerprint density at radius 2 is 2.17 bits per heavy atom. The fourth-order valence-electron chi connectivity index (χ4n) is 2.11. The third-order valence-corrected chi connectivity index (χ3v) is 3.16. The van der Waals surface area contributed by atoms with E-state index in [4.69, 9.17) is 5.11 Å². The van der Waals surface area contributed by atoms with Crippen molar-refractivity contribution in [2.75, 3.05) is 11.4 Å². The second-order valence-corrected chi connectivity index (χ2v) is 4.17. The zero-order valence-corrected chi connectivity index (χ0v) is 9.68. The van der Waals surface area contributed by atoms with Gasteiger partial charge in [-0.05, 0) is 13.3 Å². The summed E-state index contributed by atoms with van der Waals surface area (Å²) in [6, 6.07) is -0.219. The van der Waals surface area contributed by atoms with Gasteiger partial charge in [-0.15, -0.1) is 0 Å². The lowest BCUT2D eigenvalue weighted by Crippen LogP contribution is -2.34. The van der Waals surface area contributed by atoms with Crippen LogP contribution >= 0.6 is 0 Å². The average Bonchev–Trinajstić information content (AvgIpc) is 2.71. The van der Waals surface area contributed by atoms with Gasteiger partial charge < -0.3 is 10.0 Å². The summed E-state index contributed by atoms with van der Waals surface area (Å²) in [6.07, 6.45) is 2.78. The van der Waals surface area contributed by atoms with E-state index in [-0.39, 0.29) is 11.7 Å². The molecule has 0 bridgehead atoms. The third kappa shape index (κ3) is 2.08. The van der Waals surface area contributed by atoms with Crippen molar-refractivity contribution >= 4 is 17.6 Å². The molecule has 2 unspecified atom stereocenters. The summed E-state index contributed by atoms with van der Waals surface area (Å²) in [5.41, 5.74) is -0.180. The van der Waals surface area contributed by atoms with Gasteiger partial charge in [0.1, 0.15) is 12.4 Å². The molecule has 1 saturated heterocycles. The smallest absolute Gasteiger partial charge is 0.308 e. The molecule has 0 radical (unpaired) electrons. The maximum atomic E-state index is 11.0. The quantitative estimate of drug-likeness (QED) is 0.622. The normalized spacial score (nSPS) is 23.1. The Bertz CT molecular complexity index is 475. The Hall–Kier alpha value is -2.25. The molecule has 0 spiro atoms.